The van der Waals surface area contributed by atoms with Crippen LogP contribution in [0.3, 0.4) is 0 Å². The first-order valence-corrected chi connectivity index (χ1v) is 7.39. The minimum Gasteiger partial charge on any atom is -0.324 e. The highest BCUT2D eigenvalue weighted by atomic mass is 32.2. The Morgan fingerprint density at radius 1 is 1.25 bits per heavy atom. The van der Waals surface area contributed by atoms with Crippen molar-refractivity contribution >= 4 is 29.5 Å². The van der Waals surface area contributed by atoms with E-state index in [2.05, 4.69) is 5.32 Å². The zero-order valence-corrected chi connectivity index (χ0v) is 12.4. The summed E-state index contributed by atoms with van der Waals surface area (Å²) >= 11 is 1.58. The molecule has 6 heteroatoms. The van der Waals surface area contributed by atoms with E-state index in [0.717, 1.165) is 9.80 Å². The number of carbonyl (C=O) groups excluding carboxylic acids is 3. The maximum atomic E-state index is 12.1. The number of hydrogen-bond acceptors (Lipinski definition) is 4. The summed E-state index contributed by atoms with van der Waals surface area (Å²) in [7, 11) is 0. The van der Waals surface area contributed by atoms with Crippen molar-refractivity contribution in [3.05, 3.63) is 29.8 Å². The van der Waals surface area contributed by atoms with Gasteiger partial charge < -0.3 is 5.32 Å². The highest BCUT2D eigenvalue weighted by Crippen LogP contribution is 2.18. The zero-order chi connectivity index (χ0) is 14.9. The average molecular weight is 292 g/mol. The van der Waals surface area contributed by atoms with Crippen molar-refractivity contribution < 1.29 is 14.4 Å². The highest BCUT2D eigenvalue weighted by molar-refractivity contribution is 7.98. The number of hydrogen-bond donors (Lipinski definition) is 1. The molecule has 5 nitrogen and oxygen atoms in total. The van der Waals surface area contributed by atoms with Crippen LogP contribution in [0.4, 0.5) is 4.79 Å². The van der Waals surface area contributed by atoms with Crippen molar-refractivity contribution in [1.82, 2.24) is 10.2 Å². The second-order valence-electron chi connectivity index (χ2n) is 5.10. The second-order valence-corrected chi connectivity index (χ2v) is 5.98. The summed E-state index contributed by atoms with van der Waals surface area (Å²) in [6.07, 6.45) is 1.95. The first-order valence-electron chi connectivity index (χ1n) is 6.16. The number of amides is 3. The first-order chi connectivity index (χ1) is 9.35. The fourth-order valence-corrected chi connectivity index (χ4v) is 2.38. The molecule has 1 aliphatic rings. The van der Waals surface area contributed by atoms with Crippen molar-refractivity contribution in [3.63, 3.8) is 0 Å². The van der Waals surface area contributed by atoms with Gasteiger partial charge in [0.15, 0.2) is 5.78 Å². The Balaban J connectivity index is 2.11. The molecule has 1 heterocycles. The van der Waals surface area contributed by atoms with Gasteiger partial charge in [0.05, 0.1) is 6.54 Å². The van der Waals surface area contributed by atoms with Gasteiger partial charge in [0.2, 0.25) is 0 Å². The van der Waals surface area contributed by atoms with Crippen LogP contribution in [0.25, 0.3) is 0 Å². The van der Waals surface area contributed by atoms with E-state index in [0.29, 0.717) is 5.56 Å². The molecule has 0 spiro atoms. The number of ketones is 1. The van der Waals surface area contributed by atoms with Crippen LogP contribution in [0.15, 0.2) is 29.2 Å². The monoisotopic (exact) mass is 292 g/mol. The maximum absolute atomic E-state index is 12.1. The smallest absolute Gasteiger partial charge is 0.324 e. The third-order valence-corrected chi connectivity index (χ3v) is 3.90. The van der Waals surface area contributed by atoms with Gasteiger partial charge in [-0.15, -0.1) is 11.8 Å². The molecular weight excluding hydrogens is 276 g/mol. The van der Waals surface area contributed by atoms with Crippen LogP contribution in [0, 0.1) is 0 Å². The molecule has 1 aliphatic heterocycles. The van der Waals surface area contributed by atoms with E-state index in [9.17, 15) is 14.4 Å². The van der Waals surface area contributed by atoms with Gasteiger partial charge in [0.25, 0.3) is 5.91 Å². The molecule has 1 aromatic rings. The number of nitrogens with one attached hydrogen (secondary N) is 1. The molecule has 0 aromatic heterocycles. The largest absolute Gasteiger partial charge is 0.325 e. The van der Waals surface area contributed by atoms with Crippen LogP contribution in [-0.4, -0.2) is 41.0 Å². The second kappa shape index (κ2) is 5.28. The highest BCUT2D eigenvalue weighted by Gasteiger charge is 2.44. The van der Waals surface area contributed by atoms with Crippen molar-refractivity contribution in [2.24, 2.45) is 0 Å². The Morgan fingerprint density at radius 2 is 1.85 bits per heavy atom. The number of rotatable bonds is 4. The van der Waals surface area contributed by atoms with Crippen LogP contribution >= 0.6 is 11.8 Å². The number of carbonyl (C=O) groups is 3. The van der Waals surface area contributed by atoms with Gasteiger partial charge in [-0.3, -0.25) is 14.5 Å². The fraction of sp³-hybridized carbons (Fsp3) is 0.357. The van der Waals surface area contributed by atoms with E-state index >= 15 is 0 Å². The molecule has 106 valence electrons. The standard InChI is InChI=1S/C14H16N2O3S/c1-14(2)12(18)16(13(19)15-14)8-11(17)9-4-6-10(20-3)7-5-9/h4-7H,8H2,1-3H3,(H,15,19). The Labute approximate surface area is 121 Å². The number of Topliss-reactive ketones (excluding diaryl/α,β-unsaturated/α-hetero) is 1. The van der Waals surface area contributed by atoms with E-state index in [4.69, 9.17) is 0 Å². The maximum Gasteiger partial charge on any atom is 0.325 e. The van der Waals surface area contributed by atoms with Gasteiger partial charge in [0, 0.05) is 10.5 Å². The third kappa shape index (κ3) is 2.70. The summed E-state index contributed by atoms with van der Waals surface area (Å²) in [6.45, 7) is 3.00. The molecule has 0 saturated carbocycles. The van der Waals surface area contributed by atoms with Gasteiger partial charge in [-0.1, -0.05) is 12.1 Å². The van der Waals surface area contributed by atoms with E-state index in [-0.39, 0.29) is 18.2 Å². The summed E-state index contributed by atoms with van der Waals surface area (Å²) in [5.74, 6) is -0.629. The average Bonchev–Trinajstić information content (AvgIpc) is 2.61. The minimum absolute atomic E-state index is 0.229. The van der Waals surface area contributed by atoms with Gasteiger partial charge in [0.1, 0.15) is 5.54 Å². The number of benzene rings is 1. The van der Waals surface area contributed by atoms with Crippen molar-refractivity contribution in [3.8, 4) is 0 Å². The normalized spacial score (nSPS) is 17.2. The Morgan fingerprint density at radius 3 is 2.30 bits per heavy atom. The first kappa shape index (κ1) is 14.6. The van der Waals surface area contributed by atoms with E-state index in [1.54, 1.807) is 37.7 Å². The molecule has 0 unspecified atom stereocenters. The van der Waals surface area contributed by atoms with E-state index < -0.39 is 11.6 Å². The lowest BCUT2D eigenvalue weighted by molar-refractivity contribution is -0.129. The SMILES string of the molecule is CSc1ccc(C(=O)CN2C(=O)NC(C)(C)C2=O)cc1. The van der Waals surface area contributed by atoms with Crippen LogP contribution < -0.4 is 5.32 Å². The van der Waals surface area contributed by atoms with Crippen LogP contribution in [0.5, 0.6) is 0 Å². The Kier molecular flexibility index (Phi) is 3.85. The fourth-order valence-electron chi connectivity index (χ4n) is 1.97. The zero-order valence-electron chi connectivity index (χ0n) is 11.6. The molecular formula is C14H16N2O3S. The summed E-state index contributed by atoms with van der Waals surface area (Å²) in [5, 5.41) is 2.55. The minimum atomic E-state index is -0.944. The topological polar surface area (TPSA) is 66.5 Å². The predicted octanol–water partition coefficient (Wildman–Crippen LogP) is 1.92. The lowest BCUT2D eigenvalue weighted by atomic mass is 10.1. The van der Waals surface area contributed by atoms with Crippen molar-refractivity contribution in [2.45, 2.75) is 24.3 Å². The summed E-state index contributed by atoms with van der Waals surface area (Å²) < 4.78 is 0. The van der Waals surface area contributed by atoms with Gasteiger partial charge in [-0.25, -0.2) is 4.79 Å². The molecule has 3 amide bonds. The molecule has 1 fully saturated rings. The van der Waals surface area contributed by atoms with Crippen LogP contribution in [0.2, 0.25) is 0 Å². The molecule has 0 radical (unpaired) electrons. The van der Waals surface area contributed by atoms with E-state index in [1.807, 2.05) is 18.4 Å². The van der Waals surface area contributed by atoms with Crippen molar-refractivity contribution in [2.75, 3.05) is 12.8 Å². The molecule has 0 atom stereocenters. The summed E-state index contributed by atoms with van der Waals surface area (Å²) in [4.78, 5) is 37.8. The third-order valence-electron chi connectivity index (χ3n) is 3.16. The quantitative estimate of drug-likeness (QED) is 0.523. The lowest BCUT2D eigenvalue weighted by Crippen LogP contribution is -2.41. The van der Waals surface area contributed by atoms with E-state index in [1.165, 1.54) is 0 Å². The van der Waals surface area contributed by atoms with Gasteiger partial charge >= 0.3 is 6.03 Å². The van der Waals surface area contributed by atoms with Crippen LogP contribution in [-0.2, 0) is 4.79 Å². The molecule has 1 saturated heterocycles. The summed E-state index contributed by atoms with van der Waals surface area (Å²) in [6, 6.07) is 6.57. The van der Waals surface area contributed by atoms with Gasteiger partial charge in [-0.2, -0.15) is 0 Å². The molecule has 2 rings (SSSR count). The molecule has 20 heavy (non-hydrogen) atoms. The Hall–Kier alpha value is -1.82. The lowest BCUT2D eigenvalue weighted by Gasteiger charge is -2.15. The molecule has 0 aliphatic carbocycles. The number of imide groups is 1. The van der Waals surface area contributed by atoms with Crippen molar-refractivity contribution in [1.29, 1.82) is 0 Å². The number of thioether (sulfide) groups is 1. The number of urea groups is 1. The van der Waals surface area contributed by atoms with Gasteiger partial charge in [-0.05, 0) is 32.2 Å². The molecule has 0 bridgehead atoms. The predicted molar refractivity (Wildman–Crippen MR) is 76.9 cm³/mol. The molecule has 1 aromatic carbocycles. The number of nitrogens with zero attached hydrogens (tertiary/aromatic N) is 1. The van der Waals surface area contributed by atoms with Crippen LogP contribution in [0.1, 0.15) is 24.2 Å². The Bertz CT molecular complexity index is 566. The summed E-state index contributed by atoms with van der Waals surface area (Å²) in [5.41, 5.74) is -0.451. The molecule has 1 N–H and O–H groups in total.